The maximum atomic E-state index is 12.5. The van der Waals surface area contributed by atoms with Crippen LogP contribution < -0.4 is 5.32 Å². The van der Waals surface area contributed by atoms with E-state index in [0.29, 0.717) is 10.7 Å². The number of aromatic nitrogens is 2. The maximum absolute atomic E-state index is 12.5. The first kappa shape index (κ1) is 12.9. The largest absolute Gasteiger partial charge is 0.298 e. The van der Waals surface area contributed by atoms with E-state index in [9.17, 15) is 4.79 Å². The molecule has 22 heavy (non-hydrogen) atoms. The Morgan fingerprint density at radius 3 is 2.59 bits per heavy atom. The van der Waals surface area contributed by atoms with E-state index in [1.54, 1.807) is 12.3 Å². The molecular formula is C17H11N3OS. The number of anilines is 1. The van der Waals surface area contributed by atoms with Gasteiger partial charge in [-0.15, -0.1) is 0 Å². The van der Waals surface area contributed by atoms with Crippen molar-refractivity contribution in [2.24, 2.45) is 0 Å². The van der Waals surface area contributed by atoms with Gasteiger partial charge in [0.2, 0.25) is 0 Å². The summed E-state index contributed by atoms with van der Waals surface area (Å²) in [6, 6.07) is 17.1. The molecule has 2 aromatic heterocycles. The van der Waals surface area contributed by atoms with Crippen LogP contribution in [0.25, 0.3) is 21.1 Å². The van der Waals surface area contributed by atoms with Crippen LogP contribution in [0.15, 0.2) is 60.8 Å². The highest BCUT2D eigenvalue weighted by Gasteiger charge is 2.12. The lowest BCUT2D eigenvalue weighted by atomic mass is 10.1. The summed E-state index contributed by atoms with van der Waals surface area (Å²) in [7, 11) is 0. The van der Waals surface area contributed by atoms with E-state index in [0.717, 1.165) is 21.1 Å². The van der Waals surface area contributed by atoms with Crippen molar-refractivity contribution in [3.8, 4) is 0 Å². The van der Waals surface area contributed by atoms with Gasteiger partial charge in [0, 0.05) is 11.6 Å². The lowest BCUT2D eigenvalue weighted by molar-refractivity contribution is 0.102. The molecule has 0 spiro atoms. The second-order valence-electron chi connectivity index (χ2n) is 4.82. The second-order valence-corrected chi connectivity index (χ2v) is 5.85. The van der Waals surface area contributed by atoms with Gasteiger partial charge in [0.05, 0.1) is 21.3 Å². The van der Waals surface area contributed by atoms with Gasteiger partial charge in [0.15, 0.2) is 5.13 Å². The Hall–Kier alpha value is -2.79. The number of hydrogen-bond acceptors (Lipinski definition) is 4. The first-order valence-electron chi connectivity index (χ1n) is 6.82. The van der Waals surface area contributed by atoms with Gasteiger partial charge in [0.25, 0.3) is 5.91 Å². The zero-order valence-corrected chi connectivity index (χ0v) is 12.3. The number of thiazole rings is 1. The molecule has 0 bridgehead atoms. The maximum Gasteiger partial charge on any atom is 0.258 e. The summed E-state index contributed by atoms with van der Waals surface area (Å²) in [4.78, 5) is 21.2. The molecule has 0 saturated heterocycles. The first-order valence-corrected chi connectivity index (χ1v) is 7.63. The van der Waals surface area contributed by atoms with Gasteiger partial charge in [0.1, 0.15) is 0 Å². The van der Waals surface area contributed by atoms with Crippen molar-refractivity contribution in [3.05, 3.63) is 66.4 Å². The molecule has 5 heteroatoms. The number of benzene rings is 2. The Bertz CT molecular complexity index is 955. The average molecular weight is 305 g/mol. The zero-order valence-electron chi connectivity index (χ0n) is 11.5. The van der Waals surface area contributed by atoms with Crippen LogP contribution in [0.4, 0.5) is 5.13 Å². The van der Waals surface area contributed by atoms with Crippen molar-refractivity contribution in [1.82, 2.24) is 9.97 Å². The molecule has 0 fully saturated rings. The summed E-state index contributed by atoms with van der Waals surface area (Å²) in [5, 5.41) is 4.32. The van der Waals surface area contributed by atoms with E-state index in [1.165, 1.54) is 11.3 Å². The number of carbonyl (C=O) groups excluding carboxylic acids is 1. The highest BCUT2D eigenvalue weighted by molar-refractivity contribution is 7.22. The number of amides is 1. The Morgan fingerprint density at radius 2 is 1.73 bits per heavy atom. The molecule has 0 aliphatic heterocycles. The molecule has 0 radical (unpaired) electrons. The fraction of sp³-hybridized carbons (Fsp3) is 0. The molecule has 2 aromatic carbocycles. The minimum Gasteiger partial charge on any atom is -0.298 e. The van der Waals surface area contributed by atoms with Crippen molar-refractivity contribution in [1.29, 1.82) is 0 Å². The third-order valence-electron chi connectivity index (χ3n) is 3.41. The van der Waals surface area contributed by atoms with Gasteiger partial charge >= 0.3 is 0 Å². The number of nitrogens with zero attached hydrogens (tertiary/aromatic N) is 2. The highest BCUT2D eigenvalue weighted by Crippen LogP contribution is 2.26. The van der Waals surface area contributed by atoms with Crippen LogP contribution in [-0.2, 0) is 0 Å². The molecule has 4 aromatic rings. The van der Waals surface area contributed by atoms with Gasteiger partial charge in [-0.1, -0.05) is 41.7 Å². The van der Waals surface area contributed by atoms with Gasteiger partial charge in [-0.25, -0.2) is 4.98 Å². The number of fused-ring (bicyclic) bond motifs is 2. The lowest BCUT2D eigenvalue weighted by Gasteiger charge is -2.05. The van der Waals surface area contributed by atoms with E-state index in [2.05, 4.69) is 15.3 Å². The molecule has 0 atom stereocenters. The summed E-state index contributed by atoms with van der Waals surface area (Å²) in [5.41, 5.74) is 2.30. The van der Waals surface area contributed by atoms with Crippen LogP contribution in [0.1, 0.15) is 10.4 Å². The van der Waals surface area contributed by atoms with Crippen LogP contribution >= 0.6 is 11.3 Å². The predicted molar refractivity (Wildman–Crippen MR) is 89.3 cm³/mol. The Morgan fingerprint density at radius 1 is 0.955 bits per heavy atom. The molecule has 0 aliphatic rings. The van der Waals surface area contributed by atoms with Crippen LogP contribution in [0.3, 0.4) is 0 Å². The first-order chi connectivity index (χ1) is 10.8. The summed E-state index contributed by atoms with van der Waals surface area (Å²) in [6.07, 6.45) is 1.65. The highest BCUT2D eigenvalue weighted by atomic mass is 32.1. The van der Waals surface area contributed by atoms with Gasteiger partial charge < -0.3 is 0 Å². The number of carbonyl (C=O) groups is 1. The van der Waals surface area contributed by atoms with E-state index < -0.39 is 0 Å². The van der Waals surface area contributed by atoms with Crippen molar-refractivity contribution >= 4 is 43.5 Å². The van der Waals surface area contributed by atoms with E-state index in [-0.39, 0.29) is 5.91 Å². The molecule has 2 heterocycles. The third kappa shape index (κ3) is 2.21. The summed E-state index contributed by atoms with van der Waals surface area (Å²) >= 11 is 1.47. The fourth-order valence-electron chi connectivity index (χ4n) is 2.38. The number of para-hydroxylation sites is 2. The van der Waals surface area contributed by atoms with Crippen LogP contribution in [0, 0.1) is 0 Å². The lowest BCUT2D eigenvalue weighted by Crippen LogP contribution is -2.12. The standard InChI is InChI=1S/C17H11N3OS/c21-16(12-9-10-18-13-6-2-1-5-11(12)13)20-17-19-14-7-3-4-8-15(14)22-17/h1-10H,(H,19,20,21). The molecule has 4 nitrogen and oxygen atoms in total. The molecular weight excluding hydrogens is 294 g/mol. The molecule has 106 valence electrons. The molecule has 1 N–H and O–H groups in total. The SMILES string of the molecule is O=C(Nc1nc2ccccc2s1)c1ccnc2ccccc12. The molecule has 0 unspecified atom stereocenters. The minimum atomic E-state index is -0.169. The zero-order chi connectivity index (χ0) is 14.9. The topological polar surface area (TPSA) is 54.9 Å². The van der Waals surface area contributed by atoms with Gasteiger partial charge in [-0.2, -0.15) is 0 Å². The average Bonchev–Trinajstić information content (AvgIpc) is 2.96. The Labute approximate surface area is 130 Å². The van der Waals surface area contributed by atoms with E-state index >= 15 is 0 Å². The van der Waals surface area contributed by atoms with Crippen molar-refractivity contribution < 1.29 is 4.79 Å². The quantitative estimate of drug-likeness (QED) is 0.606. The van der Waals surface area contributed by atoms with Crippen molar-refractivity contribution in [2.45, 2.75) is 0 Å². The van der Waals surface area contributed by atoms with Crippen LogP contribution in [0.5, 0.6) is 0 Å². The fourth-order valence-corrected chi connectivity index (χ4v) is 3.24. The summed E-state index contributed by atoms with van der Waals surface area (Å²) in [5.74, 6) is -0.169. The Kier molecular flexibility index (Phi) is 3.05. The summed E-state index contributed by atoms with van der Waals surface area (Å²) in [6.45, 7) is 0. The molecule has 1 amide bonds. The van der Waals surface area contributed by atoms with Gasteiger partial charge in [-0.05, 0) is 24.3 Å². The van der Waals surface area contributed by atoms with Crippen LogP contribution in [0.2, 0.25) is 0 Å². The third-order valence-corrected chi connectivity index (χ3v) is 4.36. The van der Waals surface area contributed by atoms with E-state index in [1.807, 2.05) is 48.5 Å². The number of nitrogens with one attached hydrogen (secondary N) is 1. The number of hydrogen-bond donors (Lipinski definition) is 1. The normalized spacial score (nSPS) is 10.9. The van der Waals surface area contributed by atoms with E-state index in [4.69, 9.17) is 0 Å². The second kappa shape index (κ2) is 5.20. The van der Waals surface area contributed by atoms with Crippen LogP contribution in [-0.4, -0.2) is 15.9 Å². The minimum absolute atomic E-state index is 0.169. The van der Waals surface area contributed by atoms with Crippen molar-refractivity contribution in [2.75, 3.05) is 5.32 Å². The van der Waals surface area contributed by atoms with Crippen molar-refractivity contribution in [3.63, 3.8) is 0 Å². The summed E-state index contributed by atoms with van der Waals surface area (Å²) < 4.78 is 1.05. The number of pyridine rings is 1. The predicted octanol–water partition coefficient (Wildman–Crippen LogP) is 4.10. The Balaban J connectivity index is 1.71. The number of rotatable bonds is 2. The van der Waals surface area contributed by atoms with Gasteiger partial charge in [-0.3, -0.25) is 15.1 Å². The smallest absolute Gasteiger partial charge is 0.258 e. The molecule has 0 saturated carbocycles. The molecule has 4 rings (SSSR count). The molecule has 0 aliphatic carbocycles. The monoisotopic (exact) mass is 305 g/mol.